The number of rotatable bonds is 2. The molecule has 0 N–H and O–H groups in total. The molecule has 3 rings (SSSR count). The first-order valence-electron chi connectivity index (χ1n) is 6.56. The number of carbonyl (C=O) groups is 1. The second-order valence-corrected chi connectivity index (χ2v) is 6.14. The van der Waals surface area contributed by atoms with Gasteiger partial charge in [0.1, 0.15) is 0 Å². The van der Waals surface area contributed by atoms with Gasteiger partial charge in [-0.1, -0.05) is 54.1 Å². The molecule has 0 spiro atoms. The Kier molecular flexibility index (Phi) is 3.83. The lowest BCUT2D eigenvalue weighted by molar-refractivity contribution is 0.104. The molecule has 0 saturated heterocycles. The summed E-state index contributed by atoms with van der Waals surface area (Å²) in [6, 6.07) is 17.3. The Hall–Kier alpha value is -1.64. The highest BCUT2D eigenvalue weighted by atomic mass is 79.9. The van der Waals surface area contributed by atoms with E-state index >= 15 is 0 Å². The van der Waals surface area contributed by atoms with Crippen LogP contribution in [-0.4, -0.2) is 5.78 Å². The van der Waals surface area contributed by atoms with Gasteiger partial charge >= 0.3 is 0 Å². The Labute approximate surface area is 136 Å². The van der Waals surface area contributed by atoms with Gasteiger partial charge in [-0.15, -0.1) is 0 Å². The van der Waals surface area contributed by atoms with Crippen LogP contribution < -0.4 is 0 Å². The minimum Gasteiger partial charge on any atom is -0.289 e. The molecule has 0 aliphatic heterocycles. The van der Waals surface area contributed by atoms with Crippen molar-refractivity contribution >= 4 is 44.1 Å². The Morgan fingerprint density at radius 1 is 1.00 bits per heavy atom. The van der Waals surface area contributed by atoms with E-state index in [1.165, 1.54) is 0 Å². The minimum absolute atomic E-state index is 0.0457. The number of hydrogen-bond acceptors (Lipinski definition) is 1. The summed E-state index contributed by atoms with van der Waals surface area (Å²) in [5.41, 5.74) is 2.19. The van der Waals surface area contributed by atoms with Crippen molar-refractivity contribution in [2.45, 2.75) is 6.92 Å². The number of carbonyl (C=O) groups excluding carboxylic acids is 1. The van der Waals surface area contributed by atoms with Gasteiger partial charge in [-0.05, 0) is 51.3 Å². The predicted molar refractivity (Wildman–Crippen MR) is 91.3 cm³/mol. The van der Waals surface area contributed by atoms with Crippen molar-refractivity contribution in [3.63, 3.8) is 0 Å². The van der Waals surface area contributed by atoms with Crippen LogP contribution in [0.4, 0.5) is 0 Å². The predicted octanol–water partition coefficient (Wildman–Crippen LogP) is 5.80. The average molecular weight is 360 g/mol. The van der Waals surface area contributed by atoms with Crippen LogP contribution in [0.2, 0.25) is 5.02 Å². The zero-order chi connectivity index (χ0) is 15.0. The van der Waals surface area contributed by atoms with Crippen LogP contribution >= 0.6 is 27.5 Å². The molecular weight excluding hydrogens is 348 g/mol. The molecule has 0 heterocycles. The molecule has 0 bridgehead atoms. The number of aryl methyl sites for hydroxylation is 1. The van der Waals surface area contributed by atoms with E-state index in [0.29, 0.717) is 16.1 Å². The molecule has 0 unspecified atom stereocenters. The summed E-state index contributed by atoms with van der Waals surface area (Å²) >= 11 is 9.64. The summed E-state index contributed by atoms with van der Waals surface area (Å²) in [7, 11) is 0. The number of ketones is 1. The largest absolute Gasteiger partial charge is 0.289 e. The molecule has 3 aromatic carbocycles. The summed E-state index contributed by atoms with van der Waals surface area (Å²) in [4.78, 5) is 12.9. The third-order valence-corrected chi connectivity index (χ3v) is 4.86. The number of benzene rings is 3. The van der Waals surface area contributed by atoms with E-state index in [1.54, 1.807) is 6.07 Å². The molecule has 3 aromatic rings. The highest BCUT2D eigenvalue weighted by Crippen LogP contribution is 2.31. The first kappa shape index (κ1) is 14.3. The second-order valence-electron chi connectivity index (χ2n) is 4.91. The Morgan fingerprint density at radius 2 is 1.76 bits per heavy atom. The van der Waals surface area contributed by atoms with E-state index in [9.17, 15) is 4.79 Å². The molecule has 21 heavy (non-hydrogen) atoms. The highest BCUT2D eigenvalue weighted by molar-refractivity contribution is 9.10. The first-order chi connectivity index (χ1) is 10.1. The van der Waals surface area contributed by atoms with Gasteiger partial charge in [-0.25, -0.2) is 0 Å². The fraction of sp³-hybridized carbons (Fsp3) is 0.0556. The Bertz CT molecular complexity index is 855. The molecule has 0 aliphatic carbocycles. The van der Waals surface area contributed by atoms with Crippen molar-refractivity contribution < 1.29 is 4.79 Å². The molecule has 3 heteroatoms. The topological polar surface area (TPSA) is 17.1 Å². The molecule has 0 aliphatic rings. The van der Waals surface area contributed by atoms with Crippen LogP contribution in [0.5, 0.6) is 0 Å². The minimum atomic E-state index is -0.0457. The second kappa shape index (κ2) is 5.63. The summed E-state index contributed by atoms with van der Waals surface area (Å²) in [5.74, 6) is -0.0457. The zero-order valence-electron chi connectivity index (χ0n) is 11.4. The molecule has 0 radical (unpaired) electrons. The van der Waals surface area contributed by atoms with E-state index in [1.807, 2.05) is 55.5 Å². The maximum atomic E-state index is 12.9. The van der Waals surface area contributed by atoms with Crippen molar-refractivity contribution in [1.82, 2.24) is 0 Å². The molecule has 104 valence electrons. The van der Waals surface area contributed by atoms with Crippen molar-refractivity contribution in [1.29, 1.82) is 0 Å². The molecule has 0 aromatic heterocycles. The lowest BCUT2D eigenvalue weighted by Gasteiger charge is -2.11. The average Bonchev–Trinajstić information content (AvgIpc) is 2.49. The summed E-state index contributed by atoms with van der Waals surface area (Å²) < 4.78 is 0.730. The van der Waals surface area contributed by atoms with Crippen molar-refractivity contribution in [2.75, 3.05) is 0 Å². The molecule has 0 saturated carbocycles. The summed E-state index contributed by atoms with van der Waals surface area (Å²) in [6.07, 6.45) is 0. The molecular formula is C18H12BrClO. The fourth-order valence-corrected chi connectivity index (χ4v) is 3.07. The van der Waals surface area contributed by atoms with E-state index in [2.05, 4.69) is 15.9 Å². The van der Waals surface area contributed by atoms with Gasteiger partial charge in [0.25, 0.3) is 0 Å². The van der Waals surface area contributed by atoms with Crippen LogP contribution in [0.25, 0.3) is 10.8 Å². The summed E-state index contributed by atoms with van der Waals surface area (Å²) in [5, 5.41) is 2.46. The SMILES string of the molecule is Cc1ccc2ccccc2c1C(=O)c1cccc(Br)c1Cl. The van der Waals surface area contributed by atoms with Gasteiger partial charge in [0.15, 0.2) is 5.78 Å². The van der Waals surface area contributed by atoms with E-state index in [4.69, 9.17) is 11.6 Å². The third-order valence-electron chi connectivity index (χ3n) is 3.56. The number of halogens is 2. The van der Waals surface area contributed by atoms with Gasteiger partial charge in [-0.2, -0.15) is 0 Å². The molecule has 0 amide bonds. The Balaban J connectivity index is 2.27. The number of hydrogen-bond donors (Lipinski definition) is 0. The number of fused-ring (bicyclic) bond motifs is 1. The third kappa shape index (κ3) is 2.50. The van der Waals surface area contributed by atoms with Crippen LogP contribution in [0, 0.1) is 6.92 Å². The van der Waals surface area contributed by atoms with Gasteiger partial charge in [0, 0.05) is 15.6 Å². The molecule has 1 nitrogen and oxygen atoms in total. The van der Waals surface area contributed by atoms with Crippen LogP contribution in [0.1, 0.15) is 21.5 Å². The maximum absolute atomic E-state index is 12.9. The quantitative estimate of drug-likeness (QED) is 0.529. The van der Waals surface area contributed by atoms with Gasteiger partial charge in [0.2, 0.25) is 0 Å². The van der Waals surface area contributed by atoms with Gasteiger partial charge < -0.3 is 0 Å². The zero-order valence-corrected chi connectivity index (χ0v) is 13.7. The lowest BCUT2D eigenvalue weighted by atomic mass is 9.93. The van der Waals surface area contributed by atoms with E-state index in [-0.39, 0.29) is 5.78 Å². The van der Waals surface area contributed by atoms with Crippen molar-refractivity contribution in [3.8, 4) is 0 Å². The fourth-order valence-electron chi connectivity index (χ4n) is 2.50. The standard InChI is InChI=1S/C18H12BrClO/c1-11-9-10-12-5-2-3-6-13(12)16(11)18(21)14-7-4-8-15(19)17(14)20/h2-10H,1H3. The molecule has 0 fully saturated rings. The maximum Gasteiger partial charge on any atom is 0.195 e. The van der Waals surface area contributed by atoms with Crippen LogP contribution in [0.3, 0.4) is 0 Å². The highest BCUT2D eigenvalue weighted by Gasteiger charge is 2.18. The van der Waals surface area contributed by atoms with E-state index < -0.39 is 0 Å². The first-order valence-corrected chi connectivity index (χ1v) is 7.74. The lowest BCUT2D eigenvalue weighted by Crippen LogP contribution is -2.05. The van der Waals surface area contributed by atoms with Crippen molar-refractivity contribution in [3.05, 3.63) is 80.8 Å². The molecule has 0 atom stereocenters. The normalized spacial score (nSPS) is 10.8. The monoisotopic (exact) mass is 358 g/mol. The van der Waals surface area contributed by atoms with Crippen LogP contribution in [0.15, 0.2) is 59.1 Å². The van der Waals surface area contributed by atoms with Crippen molar-refractivity contribution in [2.24, 2.45) is 0 Å². The van der Waals surface area contributed by atoms with Crippen LogP contribution in [-0.2, 0) is 0 Å². The smallest absolute Gasteiger partial charge is 0.195 e. The van der Waals surface area contributed by atoms with E-state index in [0.717, 1.165) is 20.8 Å². The summed E-state index contributed by atoms with van der Waals surface area (Å²) in [6.45, 7) is 1.95. The Morgan fingerprint density at radius 3 is 2.57 bits per heavy atom. The van der Waals surface area contributed by atoms with Gasteiger partial charge in [-0.3, -0.25) is 4.79 Å². The van der Waals surface area contributed by atoms with Gasteiger partial charge in [0.05, 0.1) is 5.02 Å².